The molecule has 1 amide bonds. The minimum absolute atomic E-state index is 0.118. The summed E-state index contributed by atoms with van der Waals surface area (Å²) in [6.45, 7) is 6.26. The summed E-state index contributed by atoms with van der Waals surface area (Å²) >= 11 is 1.27. The van der Waals surface area contributed by atoms with E-state index in [0.29, 0.717) is 11.7 Å². The van der Waals surface area contributed by atoms with E-state index in [-0.39, 0.29) is 11.6 Å². The largest absolute Gasteiger partial charge is 0.343 e. The van der Waals surface area contributed by atoms with Crippen molar-refractivity contribution >= 4 is 23.4 Å². The van der Waals surface area contributed by atoms with Crippen LogP contribution in [0.15, 0.2) is 58.5 Å². The third-order valence-corrected chi connectivity index (χ3v) is 5.66. The van der Waals surface area contributed by atoms with E-state index < -0.39 is 5.25 Å². The number of hydrogen-bond acceptors (Lipinski definition) is 4. The lowest BCUT2D eigenvalue weighted by Crippen LogP contribution is -2.25. The first-order chi connectivity index (χ1) is 13.5. The number of aryl methyl sites for hydroxylation is 3. The molecule has 0 aliphatic heterocycles. The second-order valence-electron chi connectivity index (χ2n) is 6.71. The van der Waals surface area contributed by atoms with Crippen LogP contribution in [0, 0.1) is 13.8 Å². The van der Waals surface area contributed by atoms with Gasteiger partial charge < -0.3 is 5.32 Å². The van der Waals surface area contributed by atoms with E-state index in [0.717, 1.165) is 28.8 Å². The van der Waals surface area contributed by atoms with Crippen molar-refractivity contribution in [2.45, 2.75) is 44.1 Å². The Morgan fingerprint density at radius 3 is 2.50 bits per heavy atom. The second-order valence-corrected chi connectivity index (χ2v) is 8.02. The van der Waals surface area contributed by atoms with Crippen LogP contribution in [-0.2, 0) is 17.8 Å². The van der Waals surface area contributed by atoms with E-state index in [1.165, 1.54) is 11.8 Å². The number of amides is 1. The fourth-order valence-corrected chi connectivity index (χ4v) is 3.81. The molecule has 3 rings (SSSR count). The van der Waals surface area contributed by atoms with Crippen LogP contribution in [0.4, 0.5) is 5.69 Å². The molecular formula is C21H24N4O2S. The topological polar surface area (TPSA) is 79.8 Å². The number of rotatable bonds is 7. The maximum atomic E-state index is 12.7. The zero-order valence-corrected chi connectivity index (χ0v) is 17.0. The van der Waals surface area contributed by atoms with Crippen LogP contribution in [0.2, 0.25) is 0 Å². The SMILES string of the molecule is Cc1cccc(C)c1NC(=O)C(C)Sc1n[nH]c(=O)n1CCc1ccccc1. The monoisotopic (exact) mass is 396 g/mol. The van der Waals surface area contributed by atoms with Gasteiger partial charge in [0, 0.05) is 12.2 Å². The number of carbonyl (C=O) groups excluding carboxylic acids is 1. The van der Waals surface area contributed by atoms with E-state index in [1.54, 1.807) is 4.57 Å². The van der Waals surface area contributed by atoms with Crippen molar-refractivity contribution in [1.29, 1.82) is 0 Å². The molecule has 0 spiro atoms. The molecule has 6 nitrogen and oxygen atoms in total. The normalized spacial score (nSPS) is 12.0. The highest BCUT2D eigenvalue weighted by Gasteiger charge is 2.20. The minimum Gasteiger partial charge on any atom is -0.325 e. The van der Waals surface area contributed by atoms with Crippen molar-refractivity contribution < 1.29 is 4.79 Å². The third-order valence-electron chi connectivity index (χ3n) is 4.57. The van der Waals surface area contributed by atoms with Crippen LogP contribution in [0.5, 0.6) is 0 Å². The first-order valence-electron chi connectivity index (χ1n) is 9.18. The molecule has 1 heterocycles. The number of aromatic amines is 1. The summed E-state index contributed by atoms with van der Waals surface area (Å²) in [6, 6.07) is 15.9. The van der Waals surface area contributed by atoms with Crippen molar-refractivity contribution in [3.8, 4) is 0 Å². The highest BCUT2D eigenvalue weighted by Crippen LogP contribution is 2.24. The minimum atomic E-state index is -0.398. The third kappa shape index (κ3) is 4.72. The summed E-state index contributed by atoms with van der Waals surface area (Å²) in [6.07, 6.45) is 0.719. The summed E-state index contributed by atoms with van der Waals surface area (Å²) in [4.78, 5) is 24.8. The van der Waals surface area contributed by atoms with Gasteiger partial charge in [0.25, 0.3) is 0 Å². The number of H-pyrrole nitrogens is 1. The molecule has 0 saturated heterocycles. The second kappa shape index (κ2) is 8.93. The van der Waals surface area contributed by atoms with E-state index in [1.807, 2.05) is 69.3 Å². The van der Waals surface area contributed by atoms with Gasteiger partial charge in [0.2, 0.25) is 5.91 Å². The Labute approximate surface area is 168 Å². The van der Waals surface area contributed by atoms with Gasteiger partial charge in [-0.15, -0.1) is 5.10 Å². The molecule has 3 aromatic rings. The van der Waals surface area contributed by atoms with E-state index in [9.17, 15) is 9.59 Å². The number of nitrogens with one attached hydrogen (secondary N) is 2. The molecule has 0 aliphatic carbocycles. The molecular weight excluding hydrogens is 372 g/mol. The van der Waals surface area contributed by atoms with E-state index in [2.05, 4.69) is 15.5 Å². The Morgan fingerprint density at radius 1 is 1.14 bits per heavy atom. The lowest BCUT2D eigenvalue weighted by atomic mass is 10.1. The van der Waals surface area contributed by atoms with Gasteiger partial charge in [0.15, 0.2) is 5.16 Å². The Hall–Kier alpha value is -2.80. The zero-order chi connectivity index (χ0) is 20.1. The molecule has 0 saturated carbocycles. The summed E-state index contributed by atoms with van der Waals surface area (Å²) < 4.78 is 1.58. The van der Waals surface area contributed by atoms with Crippen LogP contribution in [-0.4, -0.2) is 25.9 Å². The standard InChI is InChI=1S/C21H24N4O2S/c1-14-8-7-9-15(2)18(14)22-19(26)16(3)28-21-24-23-20(27)25(21)13-12-17-10-5-4-6-11-17/h4-11,16H,12-13H2,1-3H3,(H,22,26)(H,23,27). The lowest BCUT2D eigenvalue weighted by Gasteiger charge is -2.15. The fraction of sp³-hybridized carbons (Fsp3) is 0.286. The van der Waals surface area contributed by atoms with Gasteiger partial charge in [-0.3, -0.25) is 9.36 Å². The first kappa shape index (κ1) is 19.9. The lowest BCUT2D eigenvalue weighted by molar-refractivity contribution is -0.115. The Bertz CT molecular complexity index is 990. The van der Waals surface area contributed by atoms with Crippen molar-refractivity contribution in [2.24, 2.45) is 0 Å². The van der Waals surface area contributed by atoms with Crippen LogP contribution < -0.4 is 11.0 Å². The molecule has 1 unspecified atom stereocenters. The number of carbonyl (C=O) groups is 1. The number of aromatic nitrogens is 3. The Morgan fingerprint density at radius 2 is 1.82 bits per heavy atom. The van der Waals surface area contributed by atoms with Gasteiger partial charge in [-0.1, -0.05) is 60.3 Å². The predicted octanol–water partition coefficient (Wildman–Crippen LogP) is 3.55. The highest BCUT2D eigenvalue weighted by atomic mass is 32.2. The summed E-state index contributed by atoms with van der Waals surface area (Å²) in [5, 5.41) is 9.71. The molecule has 146 valence electrons. The van der Waals surface area contributed by atoms with Gasteiger partial charge in [0.1, 0.15) is 0 Å². The number of thioether (sulfide) groups is 1. The molecule has 1 atom stereocenters. The summed E-state index contributed by atoms with van der Waals surface area (Å²) in [5.41, 5.74) is 3.76. The molecule has 0 aliphatic rings. The predicted molar refractivity (Wildman–Crippen MR) is 113 cm³/mol. The van der Waals surface area contributed by atoms with Gasteiger partial charge in [-0.2, -0.15) is 0 Å². The van der Waals surface area contributed by atoms with Crippen molar-refractivity contribution in [3.63, 3.8) is 0 Å². The van der Waals surface area contributed by atoms with Gasteiger partial charge >= 0.3 is 5.69 Å². The van der Waals surface area contributed by atoms with Crippen LogP contribution >= 0.6 is 11.8 Å². The molecule has 28 heavy (non-hydrogen) atoms. The Balaban J connectivity index is 1.68. The smallest absolute Gasteiger partial charge is 0.325 e. The molecule has 2 N–H and O–H groups in total. The zero-order valence-electron chi connectivity index (χ0n) is 16.2. The van der Waals surface area contributed by atoms with Gasteiger partial charge in [-0.25, -0.2) is 9.89 Å². The fourth-order valence-electron chi connectivity index (χ4n) is 2.92. The Kier molecular flexibility index (Phi) is 6.36. The van der Waals surface area contributed by atoms with E-state index >= 15 is 0 Å². The first-order valence-corrected chi connectivity index (χ1v) is 10.1. The van der Waals surface area contributed by atoms with Crippen molar-refractivity contribution in [2.75, 3.05) is 5.32 Å². The maximum absolute atomic E-state index is 12.7. The van der Waals surface area contributed by atoms with Crippen molar-refractivity contribution in [3.05, 3.63) is 75.7 Å². The highest BCUT2D eigenvalue weighted by molar-refractivity contribution is 8.00. The molecule has 0 radical (unpaired) electrons. The number of anilines is 1. The maximum Gasteiger partial charge on any atom is 0.343 e. The number of para-hydroxylation sites is 1. The quantitative estimate of drug-likeness (QED) is 0.599. The molecule has 1 aromatic heterocycles. The molecule has 2 aromatic carbocycles. The van der Waals surface area contributed by atoms with Crippen LogP contribution in [0.3, 0.4) is 0 Å². The van der Waals surface area contributed by atoms with Crippen LogP contribution in [0.25, 0.3) is 0 Å². The molecule has 0 bridgehead atoms. The number of hydrogen-bond donors (Lipinski definition) is 2. The van der Waals surface area contributed by atoms with Crippen molar-refractivity contribution in [1.82, 2.24) is 14.8 Å². The number of benzene rings is 2. The average molecular weight is 397 g/mol. The number of nitrogens with zero attached hydrogens (tertiary/aromatic N) is 2. The molecule has 7 heteroatoms. The average Bonchev–Trinajstić information content (AvgIpc) is 3.03. The summed E-state index contributed by atoms with van der Waals surface area (Å²) in [7, 11) is 0. The van der Waals surface area contributed by atoms with E-state index in [4.69, 9.17) is 0 Å². The van der Waals surface area contributed by atoms with Gasteiger partial charge in [0.05, 0.1) is 5.25 Å². The molecule has 0 fully saturated rings. The van der Waals surface area contributed by atoms with Gasteiger partial charge in [-0.05, 0) is 43.9 Å². The van der Waals surface area contributed by atoms with Crippen LogP contribution in [0.1, 0.15) is 23.6 Å². The summed E-state index contributed by atoms with van der Waals surface area (Å²) in [5.74, 6) is -0.118.